The van der Waals surface area contributed by atoms with Gasteiger partial charge in [0.25, 0.3) is 0 Å². The van der Waals surface area contributed by atoms with Crippen LogP contribution in [0.3, 0.4) is 0 Å². The molecule has 0 radical (unpaired) electrons. The molecular weight excluding hydrogens is 190 g/mol. The SMILES string of the molecule is Bc1c(C)c(C)cc(P)c1OC(C)C. The van der Waals surface area contributed by atoms with Crippen LogP contribution in [0.15, 0.2) is 6.07 Å². The van der Waals surface area contributed by atoms with Gasteiger partial charge in [-0.3, -0.25) is 0 Å². The smallest absolute Gasteiger partial charge is 0.144 e. The standard InChI is InChI=1S/C11H18BOP/c1-6(2)13-11-9(14)5-7(3)8(4)10(11)12/h5-6H,12,14H2,1-4H3. The van der Waals surface area contributed by atoms with E-state index in [1.807, 2.05) is 0 Å². The van der Waals surface area contributed by atoms with Gasteiger partial charge in [0.1, 0.15) is 13.6 Å². The molecule has 0 amide bonds. The van der Waals surface area contributed by atoms with Crippen molar-refractivity contribution >= 4 is 27.9 Å². The molecule has 76 valence electrons. The molecule has 0 N–H and O–H groups in total. The molecule has 0 spiro atoms. The predicted molar refractivity (Wildman–Crippen MR) is 69.2 cm³/mol. The molecule has 0 bridgehead atoms. The fourth-order valence-corrected chi connectivity index (χ4v) is 2.02. The maximum absolute atomic E-state index is 5.79. The van der Waals surface area contributed by atoms with E-state index in [-0.39, 0.29) is 6.10 Å². The number of hydrogen-bond acceptors (Lipinski definition) is 1. The van der Waals surface area contributed by atoms with Crippen LogP contribution in [0, 0.1) is 13.8 Å². The lowest BCUT2D eigenvalue weighted by Gasteiger charge is -2.18. The van der Waals surface area contributed by atoms with Gasteiger partial charge < -0.3 is 4.74 Å². The maximum Gasteiger partial charge on any atom is 0.144 e. The molecule has 1 atom stereocenters. The Morgan fingerprint density at radius 3 is 2.43 bits per heavy atom. The van der Waals surface area contributed by atoms with E-state index in [1.54, 1.807) is 0 Å². The van der Waals surface area contributed by atoms with Crippen LogP contribution in [-0.2, 0) is 0 Å². The Labute approximate surface area is 89.9 Å². The number of aryl methyl sites for hydroxylation is 1. The van der Waals surface area contributed by atoms with E-state index in [0.29, 0.717) is 0 Å². The first kappa shape index (κ1) is 11.6. The molecule has 1 nitrogen and oxygen atoms in total. The Hall–Kier alpha value is -0.485. The fourth-order valence-electron chi connectivity index (χ4n) is 1.48. The Bertz CT molecular complexity index is 348. The Kier molecular flexibility index (Phi) is 3.61. The van der Waals surface area contributed by atoms with Gasteiger partial charge in [-0.1, -0.05) is 5.56 Å². The lowest BCUT2D eigenvalue weighted by Crippen LogP contribution is -2.23. The van der Waals surface area contributed by atoms with Crippen LogP contribution in [0.5, 0.6) is 5.75 Å². The van der Waals surface area contributed by atoms with Gasteiger partial charge in [-0.2, -0.15) is 0 Å². The summed E-state index contributed by atoms with van der Waals surface area (Å²) in [4.78, 5) is 0. The van der Waals surface area contributed by atoms with E-state index in [2.05, 4.69) is 50.8 Å². The highest BCUT2D eigenvalue weighted by Gasteiger charge is 2.09. The molecule has 1 aromatic rings. The van der Waals surface area contributed by atoms with Gasteiger partial charge in [-0.05, 0) is 44.8 Å². The number of ether oxygens (including phenoxy) is 1. The van der Waals surface area contributed by atoms with E-state index in [9.17, 15) is 0 Å². The van der Waals surface area contributed by atoms with Gasteiger partial charge in [0.15, 0.2) is 0 Å². The van der Waals surface area contributed by atoms with Gasteiger partial charge >= 0.3 is 0 Å². The molecule has 1 aromatic carbocycles. The lowest BCUT2D eigenvalue weighted by molar-refractivity contribution is 0.246. The monoisotopic (exact) mass is 208 g/mol. The van der Waals surface area contributed by atoms with Crippen LogP contribution in [0.1, 0.15) is 25.0 Å². The Balaban J connectivity index is 3.22. The first-order valence-electron chi connectivity index (χ1n) is 4.96. The molecule has 3 heteroatoms. The molecule has 0 heterocycles. The number of hydrogen-bond donors (Lipinski definition) is 0. The normalized spacial score (nSPS) is 10.7. The molecule has 14 heavy (non-hydrogen) atoms. The van der Waals surface area contributed by atoms with Crippen molar-refractivity contribution in [1.29, 1.82) is 0 Å². The van der Waals surface area contributed by atoms with Gasteiger partial charge in [-0.15, -0.1) is 9.24 Å². The maximum atomic E-state index is 5.79. The van der Waals surface area contributed by atoms with Crippen LogP contribution in [0.25, 0.3) is 0 Å². The minimum Gasteiger partial charge on any atom is -0.491 e. The molecule has 0 fully saturated rings. The van der Waals surface area contributed by atoms with Crippen molar-refractivity contribution in [3.63, 3.8) is 0 Å². The second-order valence-corrected chi connectivity index (χ2v) is 4.65. The zero-order valence-corrected chi connectivity index (χ0v) is 10.8. The second kappa shape index (κ2) is 4.36. The van der Waals surface area contributed by atoms with Crippen molar-refractivity contribution in [1.82, 2.24) is 0 Å². The molecule has 0 aromatic heterocycles. The van der Waals surface area contributed by atoms with Crippen molar-refractivity contribution < 1.29 is 4.74 Å². The fraction of sp³-hybridized carbons (Fsp3) is 0.455. The summed E-state index contributed by atoms with van der Waals surface area (Å²) >= 11 is 0. The van der Waals surface area contributed by atoms with Crippen molar-refractivity contribution in [3.05, 3.63) is 17.2 Å². The van der Waals surface area contributed by atoms with Crippen molar-refractivity contribution in [2.45, 2.75) is 33.8 Å². The van der Waals surface area contributed by atoms with Crippen LogP contribution in [0.4, 0.5) is 0 Å². The minimum atomic E-state index is 0.232. The summed E-state index contributed by atoms with van der Waals surface area (Å²) < 4.78 is 5.79. The zero-order chi connectivity index (χ0) is 10.9. The minimum absolute atomic E-state index is 0.232. The first-order chi connectivity index (χ1) is 6.43. The average molecular weight is 208 g/mol. The summed E-state index contributed by atoms with van der Waals surface area (Å²) in [5, 5.41) is 1.15. The van der Waals surface area contributed by atoms with Gasteiger partial charge in [0.2, 0.25) is 0 Å². The molecule has 0 aliphatic heterocycles. The third kappa shape index (κ3) is 2.30. The Morgan fingerprint density at radius 2 is 1.93 bits per heavy atom. The third-order valence-corrected chi connectivity index (χ3v) is 2.91. The van der Waals surface area contributed by atoms with Crippen molar-refractivity contribution in [2.75, 3.05) is 0 Å². The van der Waals surface area contributed by atoms with E-state index in [4.69, 9.17) is 4.74 Å². The highest BCUT2D eigenvalue weighted by Crippen LogP contribution is 2.14. The van der Waals surface area contributed by atoms with Gasteiger partial charge in [0.05, 0.1) is 6.10 Å². The zero-order valence-electron chi connectivity index (χ0n) is 9.64. The van der Waals surface area contributed by atoms with Crippen LogP contribution in [-0.4, -0.2) is 14.0 Å². The average Bonchev–Trinajstić information content (AvgIpc) is 2.09. The molecule has 0 aliphatic rings. The van der Waals surface area contributed by atoms with Crippen LogP contribution < -0.4 is 15.5 Å². The van der Waals surface area contributed by atoms with Crippen LogP contribution >= 0.6 is 9.24 Å². The Morgan fingerprint density at radius 1 is 1.36 bits per heavy atom. The van der Waals surface area contributed by atoms with Gasteiger partial charge in [0, 0.05) is 5.30 Å². The predicted octanol–water partition coefficient (Wildman–Crippen LogP) is 0.849. The molecule has 0 saturated heterocycles. The summed E-state index contributed by atoms with van der Waals surface area (Å²) in [6, 6.07) is 2.16. The summed E-state index contributed by atoms with van der Waals surface area (Å²) in [7, 11) is 4.86. The quantitative estimate of drug-likeness (QED) is 0.517. The van der Waals surface area contributed by atoms with E-state index >= 15 is 0 Å². The highest BCUT2D eigenvalue weighted by atomic mass is 31.0. The number of rotatable bonds is 2. The van der Waals surface area contributed by atoms with Gasteiger partial charge in [-0.25, -0.2) is 0 Å². The van der Waals surface area contributed by atoms with Crippen LogP contribution in [0.2, 0.25) is 0 Å². The molecule has 0 aliphatic carbocycles. The molecule has 1 unspecified atom stereocenters. The summed E-state index contributed by atoms with van der Waals surface area (Å²) in [5.74, 6) is 1.02. The molecule has 0 saturated carbocycles. The number of benzene rings is 1. The van der Waals surface area contributed by atoms with Crippen molar-refractivity contribution in [3.8, 4) is 5.75 Å². The highest BCUT2D eigenvalue weighted by molar-refractivity contribution is 7.27. The summed E-state index contributed by atoms with van der Waals surface area (Å²) in [6.45, 7) is 8.38. The third-order valence-electron chi connectivity index (χ3n) is 2.48. The molecular formula is C11H18BOP. The van der Waals surface area contributed by atoms with E-state index < -0.39 is 0 Å². The van der Waals surface area contributed by atoms with E-state index in [1.165, 1.54) is 16.6 Å². The lowest BCUT2D eigenvalue weighted by atomic mass is 9.87. The second-order valence-electron chi connectivity index (χ2n) is 4.03. The van der Waals surface area contributed by atoms with Crippen molar-refractivity contribution in [2.24, 2.45) is 0 Å². The first-order valence-corrected chi connectivity index (χ1v) is 5.54. The summed E-state index contributed by atoms with van der Waals surface area (Å²) in [6.07, 6.45) is 0.232. The largest absolute Gasteiger partial charge is 0.491 e. The summed E-state index contributed by atoms with van der Waals surface area (Å²) in [5.41, 5.74) is 3.90. The molecule has 1 rings (SSSR count). The van der Waals surface area contributed by atoms with E-state index in [0.717, 1.165) is 11.1 Å². The topological polar surface area (TPSA) is 9.23 Å².